The van der Waals surface area contributed by atoms with E-state index in [4.69, 9.17) is 0 Å². The van der Waals surface area contributed by atoms with Crippen LogP contribution in [0.15, 0.2) is 53.4 Å². The van der Waals surface area contributed by atoms with Crippen LogP contribution in [-0.4, -0.2) is 49.2 Å². The second-order valence-electron chi connectivity index (χ2n) is 6.17. The average molecular weight is 379 g/mol. The Kier molecular flexibility index (Phi) is 5.03. The Morgan fingerprint density at radius 3 is 2.50 bits per heavy atom. The number of hydrogen-bond donors (Lipinski definition) is 0. The summed E-state index contributed by atoms with van der Waals surface area (Å²) in [5, 5.41) is 10.9. The number of rotatable bonds is 4. The molecule has 2 aromatic rings. The van der Waals surface area contributed by atoms with Gasteiger partial charge in [-0.2, -0.15) is 4.31 Å². The maximum absolute atomic E-state index is 13.2. The summed E-state index contributed by atoms with van der Waals surface area (Å²) in [6, 6.07) is 10.8. The van der Waals surface area contributed by atoms with Crippen molar-refractivity contribution in [2.45, 2.75) is 10.9 Å². The molecule has 26 heavy (non-hydrogen) atoms. The first-order valence-electron chi connectivity index (χ1n) is 7.99. The van der Waals surface area contributed by atoms with Crippen LogP contribution in [0.25, 0.3) is 0 Å². The van der Waals surface area contributed by atoms with Gasteiger partial charge in [-0.15, -0.1) is 0 Å². The van der Waals surface area contributed by atoms with Crippen molar-refractivity contribution in [3.63, 3.8) is 0 Å². The van der Waals surface area contributed by atoms with Gasteiger partial charge in [0.05, 0.1) is 9.82 Å². The number of hydrogen-bond acceptors (Lipinski definition) is 5. The molecule has 0 aromatic heterocycles. The van der Waals surface area contributed by atoms with Gasteiger partial charge in [0.15, 0.2) is 0 Å². The van der Waals surface area contributed by atoms with Gasteiger partial charge < -0.3 is 0 Å². The lowest BCUT2D eigenvalue weighted by Crippen LogP contribution is -2.48. The zero-order valence-corrected chi connectivity index (χ0v) is 14.9. The summed E-state index contributed by atoms with van der Waals surface area (Å²) in [4.78, 5) is 12.2. The molecule has 0 aliphatic carbocycles. The number of likely N-dealkylation sites (N-methyl/N-ethyl adjacent to an activating group) is 1. The number of halogens is 1. The zero-order valence-electron chi connectivity index (χ0n) is 14.1. The topological polar surface area (TPSA) is 83.8 Å². The Bertz CT molecular complexity index is 918. The molecule has 7 nitrogen and oxygen atoms in total. The van der Waals surface area contributed by atoms with Crippen LogP contribution in [0.3, 0.4) is 0 Å². The van der Waals surface area contributed by atoms with Gasteiger partial charge in [0.1, 0.15) is 5.82 Å². The number of nitro groups is 1. The van der Waals surface area contributed by atoms with Gasteiger partial charge in [0.25, 0.3) is 5.69 Å². The highest BCUT2D eigenvalue weighted by Crippen LogP contribution is 2.29. The van der Waals surface area contributed by atoms with Gasteiger partial charge in [-0.25, -0.2) is 12.8 Å². The van der Waals surface area contributed by atoms with E-state index >= 15 is 0 Å². The molecule has 1 heterocycles. The van der Waals surface area contributed by atoms with E-state index in [9.17, 15) is 22.9 Å². The highest BCUT2D eigenvalue weighted by atomic mass is 32.2. The fourth-order valence-corrected chi connectivity index (χ4v) is 4.50. The Labute approximate surface area is 150 Å². The summed E-state index contributed by atoms with van der Waals surface area (Å²) in [6.45, 7) is 0.961. The Morgan fingerprint density at radius 1 is 1.15 bits per heavy atom. The van der Waals surface area contributed by atoms with Gasteiger partial charge >= 0.3 is 0 Å². The van der Waals surface area contributed by atoms with E-state index in [1.165, 1.54) is 34.6 Å². The van der Waals surface area contributed by atoms with Crippen molar-refractivity contribution in [1.29, 1.82) is 0 Å². The van der Waals surface area contributed by atoms with Gasteiger partial charge in [-0.05, 0) is 30.8 Å². The number of nitro benzene ring substituents is 1. The Hall–Kier alpha value is -2.36. The fourth-order valence-electron chi connectivity index (χ4n) is 3.02. The zero-order chi connectivity index (χ0) is 18.9. The van der Waals surface area contributed by atoms with Crippen molar-refractivity contribution < 1.29 is 17.7 Å². The third-order valence-corrected chi connectivity index (χ3v) is 6.39. The van der Waals surface area contributed by atoms with Crippen LogP contribution in [0.5, 0.6) is 0 Å². The quantitative estimate of drug-likeness (QED) is 0.602. The second kappa shape index (κ2) is 7.10. The maximum atomic E-state index is 13.2. The molecule has 0 spiro atoms. The van der Waals surface area contributed by atoms with Crippen LogP contribution in [0.2, 0.25) is 0 Å². The van der Waals surface area contributed by atoms with Crippen LogP contribution in [0.4, 0.5) is 10.1 Å². The fraction of sp³-hybridized carbons (Fsp3) is 0.294. The molecule has 0 radical (unpaired) electrons. The van der Waals surface area contributed by atoms with Gasteiger partial charge in [-0.3, -0.25) is 15.0 Å². The first-order valence-corrected chi connectivity index (χ1v) is 9.43. The van der Waals surface area contributed by atoms with Crippen LogP contribution >= 0.6 is 0 Å². The highest BCUT2D eigenvalue weighted by molar-refractivity contribution is 7.89. The molecule has 138 valence electrons. The number of benzene rings is 2. The molecule has 1 saturated heterocycles. The van der Waals surface area contributed by atoms with Crippen LogP contribution in [0, 0.1) is 15.9 Å². The van der Waals surface area contributed by atoms with E-state index in [2.05, 4.69) is 0 Å². The summed E-state index contributed by atoms with van der Waals surface area (Å²) < 4.78 is 40.3. The Balaban J connectivity index is 1.89. The molecular weight excluding hydrogens is 361 g/mol. The minimum atomic E-state index is -3.86. The van der Waals surface area contributed by atoms with Crippen molar-refractivity contribution in [2.24, 2.45) is 0 Å². The lowest BCUT2D eigenvalue weighted by atomic mass is 10.0. The van der Waals surface area contributed by atoms with Crippen molar-refractivity contribution in [1.82, 2.24) is 9.21 Å². The molecule has 1 fully saturated rings. The second-order valence-corrected chi connectivity index (χ2v) is 8.10. The molecule has 0 amide bonds. The van der Waals surface area contributed by atoms with Crippen molar-refractivity contribution in [3.05, 3.63) is 70.0 Å². The molecule has 1 aliphatic heterocycles. The van der Waals surface area contributed by atoms with Crippen molar-refractivity contribution in [3.8, 4) is 0 Å². The largest absolute Gasteiger partial charge is 0.297 e. The first-order chi connectivity index (χ1) is 12.3. The van der Waals surface area contributed by atoms with Gasteiger partial charge in [0, 0.05) is 37.8 Å². The maximum Gasteiger partial charge on any atom is 0.270 e. The molecule has 0 N–H and O–H groups in total. The smallest absolute Gasteiger partial charge is 0.270 e. The molecule has 2 aromatic carbocycles. The average Bonchev–Trinajstić information content (AvgIpc) is 2.63. The molecule has 1 unspecified atom stereocenters. The first kappa shape index (κ1) is 18.4. The van der Waals surface area contributed by atoms with E-state index in [-0.39, 0.29) is 35.5 Å². The summed E-state index contributed by atoms with van der Waals surface area (Å²) in [5.41, 5.74) is 0.545. The monoisotopic (exact) mass is 379 g/mol. The highest BCUT2D eigenvalue weighted by Gasteiger charge is 2.34. The Morgan fingerprint density at radius 2 is 1.85 bits per heavy atom. The molecule has 1 atom stereocenters. The molecule has 0 bridgehead atoms. The third-order valence-electron chi connectivity index (χ3n) is 4.53. The summed E-state index contributed by atoms with van der Waals surface area (Å²) in [6.07, 6.45) is 0. The minimum absolute atomic E-state index is 0.103. The van der Waals surface area contributed by atoms with Gasteiger partial charge in [-0.1, -0.05) is 18.2 Å². The number of non-ortho nitro benzene ring substituents is 1. The van der Waals surface area contributed by atoms with Crippen molar-refractivity contribution >= 4 is 15.7 Å². The van der Waals surface area contributed by atoms with Crippen LogP contribution in [-0.2, 0) is 10.0 Å². The predicted molar refractivity (Wildman–Crippen MR) is 93.6 cm³/mol. The number of sulfonamides is 1. The molecule has 3 rings (SSSR count). The number of piperazine rings is 1. The van der Waals surface area contributed by atoms with E-state index in [0.717, 1.165) is 11.6 Å². The van der Waals surface area contributed by atoms with Crippen molar-refractivity contribution in [2.75, 3.05) is 26.7 Å². The van der Waals surface area contributed by atoms with E-state index in [0.29, 0.717) is 6.54 Å². The summed E-state index contributed by atoms with van der Waals surface area (Å²) in [7, 11) is -1.98. The normalized spacial score (nSPS) is 19.4. The molecule has 0 saturated carbocycles. The summed E-state index contributed by atoms with van der Waals surface area (Å²) in [5.74, 6) is -0.353. The molecule has 1 aliphatic rings. The van der Waals surface area contributed by atoms with Gasteiger partial charge in [0.2, 0.25) is 10.0 Å². The number of nitrogens with zero attached hydrogens (tertiary/aromatic N) is 3. The van der Waals surface area contributed by atoms with Crippen LogP contribution < -0.4 is 0 Å². The summed E-state index contributed by atoms with van der Waals surface area (Å²) >= 11 is 0. The standard InChI is InChI=1S/C17H18FN3O4S/c1-19-9-10-20(12-17(19)13-5-7-14(18)8-6-13)26(24,25)16-4-2-3-15(11-16)21(22)23/h2-8,11,17H,9-10,12H2,1H3. The third kappa shape index (κ3) is 3.59. The van der Waals surface area contributed by atoms with Crippen LogP contribution in [0.1, 0.15) is 11.6 Å². The SMILES string of the molecule is CN1CCN(S(=O)(=O)c2cccc([N+](=O)[O-])c2)CC1c1ccc(F)cc1. The van der Waals surface area contributed by atoms with E-state index < -0.39 is 14.9 Å². The van der Waals surface area contributed by atoms with E-state index in [1.54, 1.807) is 12.1 Å². The predicted octanol–water partition coefficient (Wildman–Crippen LogP) is 2.41. The lowest BCUT2D eigenvalue weighted by molar-refractivity contribution is -0.385. The lowest BCUT2D eigenvalue weighted by Gasteiger charge is -2.39. The minimum Gasteiger partial charge on any atom is -0.297 e. The molecule has 9 heteroatoms. The molecular formula is C17H18FN3O4S. The van der Waals surface area contributed by atoms with E-state index in [1.807, 2.05) is 11.9 Å².